The second-order valence-electron chi connectivity index (χ2n) is 17.0. The number of thioether (sulfide) groups is 1. The van der Waals surface area contributed by atoms with Gasteiger partial charge in [-0.3, -0.25) is 47.9 Å². The van der Waals surface area contributed by atoms with Gasteiger partial charge in [-0.05, 0) is 74.1 Å². The monoisotopic (exact) mass is 965 g/mol. The van der Waals surface area contributed by atoms with E-state index in [2.05, 4.69) is 42.5 Å². The van der Waals surface area contributed by atoms with Gasteiger partial charge in [0, 0.05) is 25.7 Å². The van der Waals surface area contributed by atoms with E-state index in [1.165, 1.54) is 11.8 Å². The predicted octanol–water partition coefficient (Wildman–Crippen LogP) is -1.94. The van der Waals surface area contributed by atoms with Crippen molar-refractivity contribution in [3.05, 3.63) is 71.8 Å². The first kappa shape index (κ1) is 55.8. The zero-order valence-corrected chi connectivity index (χ0v) is 39.6. The standard InChI is InChI=1S/C46H67N11O10S/c1-27(2)23-34(45(66)53-30(40(49)61)20-22-68-3)52-39(60)26-51-41(62)35(24-28-11-6-4-7-12-28)56-46(67)36(25-29-13-8-5-9-14-29)57-44(65)33(17-19-38(48)59)55-43(64)32(16-18-37(47)58)54-42(63)31-15-10-21-50-31/h4-9,11-14,27,30-36,50H,10,15-26H2,1-3H3,(H2,47,58)(H2,48,59)(H2,49,61)(H,51,62)(H,52,60)(H,53,66)(H,54,63)(H,55,64)(H,56,67)(H,57,65)/t30-,31?,32-,33-,34?,35-,36-/m0/s1. The molecule has 2 aromatic rings. The first-order valence-corrected chi connectivity index (χ1v) is 24.0. The topological polar surface area (TPSA) is 345 Å². The van der Waals surface area contributed by atoms with Gasteiger partial charge in [0.05, 0.1) is 12.6 Å². The molecular formula is C46H67N11O10S. The molecule has 372 valence electrons. The predicted molar refractivity (Wildman–Crippen MR) is 254 cm³/mol. The maximum absolute atomic E-state index is 14.3. The maximum atomic E-state index is 14.3. The Balaban J connectivity index is 1.86. The van der Waals surface area contributed by atoms with Crippen molar-refractivity contribution in [1.82, 2.24) is 42.5 Å². The third kappa shape index (κ3) is 20.5. The zero-order chi connectivity index (χ0) is 50.2. The van der Waals surface area contributed by atoms with E-state index in [9.17, 15) is 47.9 Å². The molecule has 0 radical (unpaired) electrons. The number of primary amides is 3. The number of carbonyl (C=O) groups is 10. The third-order valence-corrected chi connectivity index (χ3v) is 11.5. The van der Waals surface area contributed by atoms with Crippen molar-refractivity contribution in [1.29, 1.82) is 0 Å². The normalized spacial score (nSPS) is 15.8. The number of nitrogens with two attached hydrogens (primary N) is 3. The Bertz CT molecular complexity index is 2040. The molecule has 1 aliphatic heterocycles. The van der Waals surface area contributed by atoms with Gasteiger partial charge in [-0.1, -0.05) is 74.5 Å². The Morgan fingerprint density at radius 3 is 1.54 bits per heavy atom. The van der Waals surface area contributed by atoms with Crippen LogP contribution in [-0.2, 0) is 60.8 Å². The Labute approximate surface area is 400 Å². The van der Waals surface area contributed by atoms with Crippen molar-refractivity contribution in [2.75, 3.05) is 25.1 Å². The molecule has 3 rings (SSSR count). The molecule has 0 spiro atoms. The molecule has 0 bridgehead atoms. The van der Waals surface area contributed by atoms with Crippen molar-refractivity contribution in [2.24, 2.45) is 23.1 Å². The summed E-state index contributed by atoms with van der Waals surface area (Å²) in [5.74, 6) is -6.94. The van der Waals surface area contributed by atoms with E-state index < -0.39 is 108 Å². The van der Waals surface area contributed by atoms with Gasteiger partial charge < -0.3 is 59.7 Å². The lowest BCUT2D eigenvalue weighted by Gasteiger charge is -2.27. The number of nitrogens with one attached hydrogen (secondary N) is 8. The molecule has 1 aliphatic rings. The van der Waals surface area contributed by atoms with Crippen LogP contribution >= 0.6 is 11.8 Å². The quantitative estimate of drug-likeness (QED) is 0.0408. The van der Waals surface area contributed by atoms with Crippen LogP contribution in [0.2, 0.25) is 0 Å². The number of carbonyl (C=O) groups excluding carboxylic acids is 10. The first-order valence-electron chi connectivity index (χ1n) is 22.6. The molecule has 22 heteroatoms. The van der Waals surface area contributed by atoms with Crippen LogP contribution in [0.1, 0.15) is 76.3 Å². The summed E-state index contributed by atoms with van der Waals surface area (Å²) in [5, 5.41) is 21.3. The lowest BCUT2D eigenvalue weighted by molar-refractivity contribution is -0.135. The molecule has 1 saturated heterocycles. The van der Waals surface area contributed by atoms with E-state index in [-0.39, 0.29) is 57.3 Å². The summed E-state index contributed by atoms with van der Waals surface area (Å²) in [5.41, 5.74) is 17.5. The molecule has 0 aromatic heterocycles. The Morgan fingerprint density at radius 1 is 0.603 bits per heavy atom. The Morgan fingerprint density at radius 2 is 1.07 bits per heavy atom. The summed E-state index contributed by atoms with van der Waals surface area (Å²) >= 11 is 1.47. The van der Waals surface area contributed by atoms with Gasteiger partial charge in [0.2, 0.25) is 59.1 Å². The fourth-order valence-corrected chi connectivity index (χ4v) is 7.73. The fourth-order valence-electron chi connectivity index (χ4n) is 7.26. The molecular weight excluding hydrogens is 899 g/mol. The number of benzene rings is 2. The Kier molecular flexibility index (Phi) is 24.0. The van der Waals surface area contributed by atoms with Gasteiger partial charge in [0.15, 0.2) is 0 Å². The van der Waals surface area contributed by atoms with E-state index >= 15 is 0 Å². The summed E-state index contributed by atoms with van der Waals surface area (Å²) in [6.45, 7) is 3.68. The van der Waals surface area contributed by atoms with Crippen molar-refractivity contribution in [2.45, 2.75) is 120 Å². The van der Waals surface area contributed by atoms with Crippen LogP contribution in [-0.4, -0.2) is 126 Å². The molecule has 7 atom stereocenters. The molecule has 10 amide bonds. The minimum atomic E-state index is -1.47. The van der Waals surface area contributed by atoms with E-state index in [0.29, 0.717) is 29.8 Å². The molecule has 14 N–H and O–H groups in total. The highest BCUT2D eigenvalue weighted by Crippen LogP contribution is 2.12. The van der Waals surface area contributed by atoms with Crippen LogP contribution in [0.4, 0.5) is 0 Å². The zero-order valence-electron chi connectivity index (χ0n) is 38.8. The second kappa shape index (κ2) is 29.3. The van der Waals surface area contributed by atoms with Crippen LogP contribution < -0.4 is 59.7 Å². The van der Waals surface area contributed by atoms with Crippen LogP contribution in [0, 0.1) is 5.92 Å². The van der Waals surface area contributed by atoms with Crippen molar-refractivity contribution in [3.63, 3.8) is 0 Å². The summed E-state index contributed by atoms with van der Waals surface area (Å²) in [6, 6.07) is 9.23. The molecule has 0 saturated carbocycles. The number of amides is 10. The van der Waals surface area contributed by atoms with Gasteiger partial charge in [0.1, 0.15) is 36.3 Å². The lowest BCUT2D eigenvalue weighted by Crippen LogP contribution is -2.59. The average molecular weight is 966 g/mol. The SMILES string of the molecule is CSCC[C@H](NC(=O)C(CC(C)C)NC(=O)CNC(=O)[C@H](Cc1ccccc1)NC(=O)[C@H](Cc1ccccc1)NC(=O)[C@H](CCC(N)=O)NC(=O)[C@H](CCC(N)=O)NC(=O)C1CCCN1)C(N)=O. The van der Waals surface area contributed by atoms with Crippen molar-refractivity contribution >= 4 is 70.8 Å². The minimum Gasteiger partial charge on any atom is -0.370 e. The van der Waals surface area contributed by atoms with Gasteiger partial charge >= 0.3 is 0 Å². The van der Waals surface area contributed by atoms with Crippen LogP contribution in [0.3, 0.4) is 0 Å². The van der Waals surface area contributed by atoms with Crippen molar-refractivity contribution in [3.8, 4) is 0 Å². The summed E-state index contributed by atoms with van der Waals surface area (Å²) in [4.78, 5) is 131. The highest BCUT2D eigenvalue weighted by atomic mass is 32.2. The summed E-state index contributed by atoms with van der Waals surface area (Å²) in [7, 11) is 0. The molecule has 1 heterocycles. The number of hydrogen-bond acceptors (Lipinski definition) is 12. The second-order valence-corrected chi connectivity index (χ2v) is 18.0. The van der Waals surface area contributed by atoms with E-state index in [4.69, 9.17) is 17.2 Å². The summed E-state index contributed by atoms with van der Waals surface area (Å²) in [6.07, 6.45) is 2.30. The van der Waals surface area contributed by atoms with E-state index in [0.717, 1.165) is 6.42 Å². The highest BCUT2D eigenvalue weighted by Gasteiger charge is 2.34. The number of rotatable bonds is 30. The third-order valence-electron chi connectivity index (χ3n) is 10.9. The fraction of sp³-hybridized carbons (Fsp3) is 0.522. The van der Waals surface area contributed by atoms with Crippen LogP contribution in [0.25, 0.3) is 0 Å². The molecule has 2 unspecified atom stereocenters. The lowest BCUT2D eigenvalue weighted by atomic mass is 10.0. The van der Waals surface area contributed by atoms with Crippen LogP contribution in [0.5, 0.6) is 0 Å². The maximum Gasteiger partial charge on any atom is 0.243 e. The number of hydrogen-bond donors (Lipinski definition) is 11. The highest BCUT2D eigenvalue weighted by molar-refractivity contribution is 7.98. The van der Waals surface area contributed by atoms with Gasteiger partial charge in [-0.2, -0.15) is 11.8 Å². The van der Waals surface area contributed by atoms with Crippen LogP contribution in [0.15, 0.2) is 60.7 Å². The van der Waals surface area contributed by atoms with Crippen molar-refractivity contribution < 1.29 is 47.9 Å². The molecule has 68 heavy (non-hydrogen) atoms. The first-order chi connectivity index (χ1) is 32.4. The summed E-state index contributed by atoms with van der Waals surface area (Å²) < 4.78 is 0. The van der Waals surface area contributed by atoms with Gasteiger partial charge in [-0.25, -0.2) is 0 Å². The molecule has 0 aliphatic carbocycles. The minimum absolute atomic E-state index is 0.0545. The molecule has 21 nitrogen and oxygen atoms in total. The largest absolute Gasteiger partial charge is 0.370 e. The smallest absolute Gasteiger partial charge is 0.243 e. The average Bonchev–Trinajstić information content (AvgIpc) is 3.85. The van der Waals surface area contributed by atoms with Gasteiger partial charge in [-0.15, -0.1) is 0 Å². The Hall–Kier alpha value is -6.55. The van der Waals surface area contributed by atoms with E-state index in [1.807, 2.05) is 20.1 Å². The molecule has 1 fully saturated rings. The van der Waals surface area contributed by atoms with Gasteiger partial charge in [0.25, 0.3) is 0 Å². The molecule has 2 aromatic carbocycles. The van der Waals surface area contributed by atoms with E-state index in [1.54, 1.807) is 60.7 Å².